The van der Waals surface area contributed by atoms with Gasteiger partial charge in [-0.1, -0.05) is 22.5 Å². The third-order valence-corrected chi connectivity index (χ3v) is 1.96. The summed E-state index contributed by atoms with van der Waals surface area (Å²) >= 11 is 3.17. The van der Waals surface area contributed by atoms with Crippen molar-refractivity contribution < 1.29 is 4.79 Å². The molecule has 0 aliphatic heterocycles. The Kier molecular flexibility index (Phi) is 3.46. The van der Waals surface area contributed by atoms with E-state index >= 15 is 0 Å². The predicted octanol–water partition coefficient (Wildman–Crippen LogP) is 1.37. The second-order valence-corrected chi connectivity index (χ2v) is 4.12. The fourth-order valence-corrected chi connectivity index (χ4v) is 1.23. The van der Waals surface area contributed by atoms with Crippen LogP contribution >= 0.6 is 15.9 Å². The maximum Gasteiger partial charge on any atom is 0.269 e. The van der Waals surface area contributed by atoms with Crippen molar-refractivity contribution in [1.29, 1.82) is 0 Å². The minimum absolute atomic E-state index is 0.145. The molecule has 1 amide bonds. The van der Waals surface area contributed by atoms with Gasteiger partial charge in [0.15, 0.2) is 0 Å². The summed E-state index contributed by atoms with van der Waals surface area (Å²) in [6.45, 7) is 5.90. The van der Waals surface area contributed by atoms with E-state index in [-0.39, 0.29) is 5.91 Å². The first-order valence-corrected chi connectivity index (χ1v) is 4.92. The molecule has 0 aromatic carbocycles. The molecule has 0 saturated carbocycles. The minimum Gasteiger partial charge on any atom is -0.346 e. The summed E-state index contributed by atoms with van der Waals surface area (Å²) in [4.78, 5) is 11.5. The molecule has 0 fully saturated rings. The number of hydrogen-bond donors (Lipinski definition) is 1. The number of nitrogens with zero attached hydrogens (tertiary/aromatic N) is 2. The summed E-state index contributed by atoms with van der Waals surface area (Å²) in [7, 11) is 1.74. The van der Waals surface area contributed by atoms with Gasteiger partial charge in [0.1, 0.15) is 5.69 Å². The van der Waals surface area contributed by atoms with Crippen LogP contribution in [0.4, 0.5) is 0 Å². The van der Waals surface area contributed by atoms with Crippen LogP contribution in [0, 0.1) is 6.92 Å². The number of hydrogen-bond acceptors (Lipinski definition) is 2. The molecule has 1 N–H and O–H groups in total. The average Bonchev–Trinajstić information content (AvgIpc) is 2.41. The second kappa shape index (κ2) is 4.41. The highest BCUT2D eigenvalue weighted by atomic mass is 79.9. The molecule has 0 aliphatic rings. The Hall–Kier alpha value is -1.10. The SMILES string of the molecule is C=C(Br)CNC(=O)c1cc(C)nn1C. The minimum atomic E-state index is -0.145. The van der Waals surface area contributed by atoms with Crippen LogP contribution in [-0.2, 0) is 7.05 Å². The Labute approximate surface area is 91.1 Å². The smallest absolute Gasteiger partial charge is 0.269 e. The van der Waals surface area contributed by atoms with Gasteiger partial charge in [-0.25, -0.2) is 0 Å². The summed E-state index contributed by atoms with van der Waals surface area (Å²) in [6, 6.07) is 1.74. The van der Waals surface area contributed by atoms with Gasteiger partial charge < -0.3 is 5.32 Å². The van der Waals surface area contributed by atoms with Crippen molar-refractivity contribution in [3.05, 3.63) is 28.5 Å². The third-order valence-electron chi connectivity index (χ3n) is 1.68. The summed E-state index contributed by atoms with van der Waals surface area (Å²) < 4.78 is 2.30. The number of carbonyl (C=O) groups excluding carboxylic acids is 1. The Balaban J connectivity index is 2.69. The lowest BCUT2D eigenvalue weighted by molar-refractivity contribution is 0.0948. The quantitative estimate of drug-likeness (QED) is 0.890. The van der Waals surface area contributed by atoms with E-state index in [2.05, 4.69) is 32.9 Å². The fraction of sp³-hybridized carbons (Fsp3) is 0.333. The maximum absolute atomic E-state index is 11.5. The first kappa shape index (κ1) is 11.0. The third kappa shape index (κ3) is 2.70. The molecule has 0 spiro atoms. The van der Waals surface area contributed by atoms with E-state index in [0.717, 1.165) is 10.2 Å². The van der Waals surface area contributed by atoms with Crippen molar-refractivity contribution in [2.75, 3.05) is 6.54 Å². The molecule has 0 unspecified atom stereocenters. The van der Waals surface area contributed by atoms with Crippen LogP contribution < -0.4 is 5.32 Å². The van der Waals surface area contributed by atoms with Crippen molar-refractivity contribution in [2.24, 2.45) is 7.05 Å². The number of amides is 1. The van der Waals surface area contributed by atoms with Gasteiger partial charge in [0, 0.05) is 18.1 Å². The van der Waals surface area contributed by atoms with E-state index in [1.54, 1.807) is 17.8 Å². The summed E-state index contributed by atoms with van der Waals surface area (Å²) in [6.07, 6.45) is 0. The van der Waals surface area contributed by atoms with Crippen molar-refractivity contribution in [3.63, 3.8) is 0 Å². The highest BCUT2D eigenvalue weighted by molar-refractivity contribution is 9.11. The topological polar surface area (TPSA) is 46.9 Å². The van der Waals surface area contributed by atoms with Crippen molar-refractivity contribution in [3.8, 4) is 0 Å². The summed E-state index contributed by atoms with van der Waals surface area (Å²) in [5, 5.41) is 6.79. The first-order valence-electron chi connectivity index (χ1n) is 4.13. The molecule has 0 bridgehead atoms. The lowest BCUT2D eigenvalue weighted by Crippen LogP contribution is -2.26. The van der Waals surface area contributed by atoms with E-state index in [1.165, 1.54) is 0 Å². The molecule has 1 rings (SSSR count). The molecule has 76 valence electrons. The van der Waals surface area contributed by atoms with Crippen molar-refractivity contribution in [2.45, 2.75) is 6.92 Å². The molecule has 0 saturated heterocycles. The Morgan fingerprint density at radius 3 is 2.86 bits per heavy atom. The van der Waals surface area contributed by atoms with Gasteiger partial charge in [-0.3, -0.25) is 9.48 Å². The lowest BCUT2D eigenvalue weighted by atomic mass is 10.3. The van der Waals surface area contributed by atoms with Gasteiger partial charge in [-0.2, -0.15) is 5.10 Å². The van der Waals surface area contributed by atoms with Gasteiger partial charge in [0.25, 0.3) is 5.91 Å². The largest absolute Gasteiger partial charge is 0.346 e. The highest BCUT2D eigenvalue weighted by Crippen LogP contribution is 2.02. The van der Waals surface area contributed by atoms with Gasteiger partial charge >= 0.3 is 0 Å². The van der Waals surface area contributed by atoms with Crippen LogP contribution in [0.25, 0.3) is 0 Å². The molecular weight excluding hydrogens is 246 g/mol. The van der Waals surface area contributed by atoms with Gasteiger partial charge in [-0.05, 0) is 13.0 Å². The van der Waals surface area contributed by atoms with Crippen molar-refractivity contribution in [1.82, 2.24) is 15.1 Å². The van der Waals surface area contributed by atoms with Crippen LogP contribution in [0.3, 0.4) is 0 Å². The van der Waals surface area contributed by atoms with E-state index < -0.39 is 0 Å². The Morgan fingerprint density at radius 1 is 1.79 bits per heavy atom. The van der Waals surface area contributed by atoms with Crippen LogP contribution in [0.5, 0.6) is 0 Å². The van der Waals surface area contributed by atoms with E-state index in [1.807, 2.05) is 6.92 Å². The van der Waals surface area contributed by atoms with E-state index in [0.29, 0.717) is 12.2 Å². The van der Waals surface area contributed by atoms with Gasteiger partial charge in [-0.15, -0.1) is 0 Å². The van der Waals surface area contributed by atoms with Crippen LogP contribution in [-0.4, -0.2) is 22.2 Å². The number of aryl methyl sites for hydroxylation is 2. The van der Waals surface area contributed by atoms with Crippen LogP contribution in [0.2, 0.25) is 0 Å². The molecule has 1 aromatic rings. The zero-order valence-electron chi connectivity index (χ0n) is 8.17. The molecule has 5 heteroatoms. The molecule has 0 radical (unpaired) electrons. The van der Waals surface area contributed by atoms with Gasteiger partial charge in [0.05, 0.1) is 5.69 Å². The zero-order valence-corrected chi connectivity index (χ0v) is 9.76. The summed E-state index contributed by atoms with van der Waals surface area (Å²) in [5.74, 6) is -0.145. The van der Waals surface area contributed by atoms with E-state index in [9.17, 15) is 4.79 Å². The predicted molar refractivity (Wildman–Crippen MR) is 58.3 cm³/mol. The molecule has 4 nitrogen and oxygen atoms in total. The zero-order chi connectivity index (χ0) is 10.7. The van der Waals surface area contributed by atoms with Crippen LogP contribution in [0.15, 0.2) is 17.1 Å². The number of halogens is 1. The number of nitrogens with one attached hydrogen (secondary N) is 1. The Morgan fingerprint density at radius 2 is 2.43 bits per heavy atom. The van der Waals surface area contributed by atoms with Crippen molar-refractivity contribution >= 4 is 21.8 Å². The molecule has 0 atom stereocenters. The molecule has 14 heavy (non-hydrogen) atoms. The van der Waals surface area contributed by atoms with Gasteiger partial charge in [0.2, 0.25) is 0 Å². The average molecular weight is 258 g/mol. The molecule has 1 aromatic heterocycles. The number of aromatic nitrogens is 2. The van der Waals surface area contributed by atoms with E-state index in [4.69, 9.17) is 0 Å². The lowest BCUT2D eigenvalue weighted by Gasteiger charge is -2.03. The first-order chi connectivity index (χ1) is 6.50. The van der Waals surface area contributed by atoms with Crippen LogP contribution in [0.1, 0.15) is 16.2 Å². The second-order valence-electron chi connectivity index (χ2n) is 2.99. The highest BCUT2D eigenvalue weighted by Gasteiger charge is 2.10. The number of carbonyl (C=O) groups is 1. The molecular formula is C9H12BrN3O. The number of rotatable bonds is 3. The Bertz CT molecular complexity index is 370. The monoisotopic (exact) mass is 257 g/mol. The fourth-order valence-electron chi connectivity index (χ4n) is 1.09. The molecule has 1 heterocycles. The summed E-state index contributed by atoms with van der Waals surface area (Å²) in [5.41, 5.74) is 1.38. The normalized spacial score (nSPS) is 9.93. The molecule has 0 aliphatic carbocycles. The maximum atomic E-state index is 11.5. The standard InChI is InChI=1S/C9H12BrN3O/c1-6(10)5-11-9(14)8-4-7(2)12-13(8)3/h4H,1,5H2,2-3H3,(H,11,14).